The molecule has 0 bridgehead atoms. The molecule has 4 aromatic rings. The number of halogens is 3. The Kier molecular flexibility index (Phi) is 5.77. The van der Waals surface area contributed by atoms with E-state index >= 15 is 0 Å². The van der Waals surface area contributed by atoms with E-state index < -0.39 is 11.6 Å². The second-order valence-electron chi connectivity index (χ2n) is 8.86. The molecule has 1 aromatic heterocycles. The lowest BCUT2D eigenvalue weighted by atomic mass is 9.98. The summed E-state index contributed by atoms with van der Waals surface area (Å²) in [5.41, 5.74) is 4.58. The third-order valence-electron chi connectivity index (χ3n) is 6.38. The van der Waals surface area contributed by atoms with Gasteiger partial charge in [-0.15, -0.1) is 11.8 Å². The quantitative estimate of drug-likeness (QED) is 0.285. The molecule has 6 rings (SSSR count). The van der Waals surface area contributed by atoms with Crippen LogP contribution in [-0.4, -0.2) is 10.7 Å². The molecule has 35 heavy (non-hydrogen) atoms. The van der Waals surface area contributed by atoms with E-state index in [-0.39, 0.29) is 17.7 Å². The Bertz CT molecular complexity index is 1460. The van der Waals surface area contributed by atoms with Gasteiger partial charge in [0.25, 0.3) is 0 Å². The lowest BCUT2D eigenvalue weighted by Gasteiger charge is -2.19. The summed E-state index contributed by atoms with van der Waals surface area (Å²) in [6.45, 7) is 0.204. The van der Waals surface area contributed by atoms with Gasteiger partial charge in [-0.25, -0.2) is 18.2 Å². The predicted octanol–water partition coefficient (Wildman–Crippen LogP) is 7.91. The van der Waals surface area contributed by atoms with Gasteiger partial charge in [-0.2, -0.15) is 0 Å². The summed E-state index contributed by atoms with van der Waals surface area (Å²) in [7, 11) is 0. The molecular formula is C29H21F3NOS. The number of benzene rings is 3. The Hall–Kier alpha value is -3.25. The van der Waals surface area contributed by atoms with Crippen LogP contribution in [0.2, 0.25) is 0 Å². The molecule has 0 N–H and O–H groups in total. The highest BCUT2D eigenvalue weighted by molar-refractivity contribution is 7.99. The smallest absolute Gasteiger partial charge is 0.161 e. The van der Waals surface area contributed by atoms with Gasteiger partial charge in [-0.3, -0.25) is 0 Å². The number of hydrogen-bond acceptors (Lipinski definition) is 3. The largest absolute Gasteiger partial charge is 0.488 e. The molecule has 175 valence electrons. The fourth-order valence-electron chi connectivity index (χ4n) is 4.32. The zero-order valence-electron chi connectivity index (χ0n) is 18.7. The molecular weight excluding hydrogens is 467 g/mol. The van der Waals surface area contributed by atoms with Crippen molar-refractivity contribution in [3.8, 4) is 5.75 Å². The highest BCUT2D eigenvalue weighted by atomic mass is 32.2. The molecule has 0 spiro atoms. The molecule has 1 aliphatic heterocycles. The standard InChI is InChI=1S/C29H21F3NOS/c30-24-3-1-2-21-23(24)15-34-28-11-7-17(12-22(28)29(21)35-16-18-4-5-18)6-9-20-10-8-19-13-25(31)26(32)14-27(19)33-20/h1-3,6-14,29H,4-5,15-16H2/b9-6+. The van der Waals surface area contributed by atoms with Crippen LogP contribution in [0.5, 0.6) is 5.75 Å². The van der Waals surface area contributed by atoms with Crippen LogP contribution in [0.1, 0.15) is 46.0 Å². The van der Waals surface area contributed by atoms with Crippen LogP contribution in [0.15, 0.2) is 60.7 Å². The second-order valence-corrected chi connectivity index (χ2v) is 9.96. The molecule has 1 aliphatic carbocycles. The average molecular weight is 489 g/mol. The van der Waals surface area contributed by atoms with Gasteiger partial charge in [-0.05, 0) is 66.3 Å². The van der Waals surface area contributed by atoms with Gasteiger partial charge in [0.2, 0.25) is 0 Å². The topological polar surface area (TPSA) is 22.1 Å². The third-order valence-corrected chi connectivity index (χ3v) is 7.80. The summed E-state index contributed by atoms with van der Waals surface area (Å²) in [6, 6.07) is 17.0. The number of fused-ring (bicyclic) bond motifs is 3. The predicted molar refractivity (Wildman–Crippen MR) is 135 cm³/mol. The van der Waals surface area contributed by atoms with Gasteiger partial charge in [0.15, 0.2) is 11.6 Å². The van der Waals surface area contributed by atoms with Gasteiger partial charge in [0.05, 0.1) is 16.5 Å². The second kappa shape index (κ2) is 9.08. The zero-order chi connectivity index (χ0) is 23.9. The summed E-state index contributed by atoms with van der Waals surface area (Å²) in [5, 5.41) is 0.513. The number of hydrogen-bond donors (Lipinski definition) is 0. The maximum atomic E-state index is 14.6. The number of ether oxygens (including phenoxy) is 1. The Morgan fingerprint density at radius 1 is 0.886 bits per heavy atom. The summed E-state index contributed by atoms with van der Waals surface area (Å²) in [5.74, 6) is 1.22. The van der Waals surface area contributed by atoms with Gasteiger partial charge in [0, 0.05) is 28.3 Å². The Balaban J connectivity index is 1.34. The van der Waals surface area contributed by atoms with Crippen molar-refractivity contribution in [3.63, 3.8) is 0 Å². The van der Waals surface area contributed by atoms with Crippen LogP contribution in [0.25, 0.3) is 23.1 Å². The Labute approximate surface area is 205 Å². The van der Waals surface area contributed by atoms with E-state index in [2.05, 4.69) is 11.1 Å². The molecule has 2 aliphatic rings. The normalized spacial score (nSPS) is 17.2. The van der Waals surface area contributed by atoms with Crippen molar-refractivity contribution in [1.82, 2.24) is 4.98 Å². The minimum absolute atomic E-state index is 0.0312. The highest BCUT2D eigenvalue weighted by Gasteiger charge is 2.30. The molecule has 0 saturated heterocycles. The fraction of sp³-hybridized carbons (Fsp3) is 0.172. The summed E-state index contributed by atoms with van der Waals surface area (Å²) >= 11 is 1.82. The number of pyridine rings is 1. The van der Waals surface area contributed by atoms with Gasteiger partial charge in [0.1, 0.15) is 18.2 Å². The van der Waals surface area contributed by atoms with E-state index in [9.17, 15) is 13.2 Å². The lowest BCUT2D eigenvalue weighted by Crippen LogP contribution is -2.03. The van der Waals surface area contributed by atoms with Crippen molar-refractivity contribution >= 4 is 34.8 Å². The molecule has 2 heterocycles. The van der Waals surface area contributed by atoms with E-state index in [1.165, 1.54) is 24.8 Å². The molecule has 6 heteroatoms. The minimum atomic E-state index is -0.915. The van der Waals surface area contributed by atoms with E-state index in [0.717, 1.165) is 40.3 Å². The minimum Gasteiger partial charge on any atom is -0.488 e. The van der Waals surface area contributed by atoms with Crippen molar-refractivity contribution in [2.24, 2.45) is 0 Å². The van der Waals surface area contributed by atoms with Crippen molar-refractivity contribution in [3.05, 3.63) is 112 Å². The lowest BCUT2D eigenvalue weighted by molar-refractivity contribution is 0.301. The number of nitrogens with zero attached hydrogens (tertiary/aromatic N) is 1. The SMILES string of the molecule is Fc1cc2ccc(/C=C/c3ccc4c(c3)C(SC[C]3CC3)c3cccc(F)c3CO4)nc2cc1F. The molecule has 1 saturated carbocycles. The first-order valence-corrected chi connectivity index (χ1v) is 12.5. The van der Waals surface area contributed by atoms with Crippen LogP contribution in [-0.2, 0) is 6.61 Å². The van der Waals surface area contributed by atoms with Crippen LogP contribution in [0.3, 0.4) is 0 Å². The van der Waals surface area contributed by atoms with E-state index in [1.54, 1.807) is 18.2 Å². The molecule has 1 fully saturated rings. The van der Waals surface area contributed by atoms with Crippen molar-refractivity contribution in [1.29, 1.82) is 0 Å². The van der Waals surface area contributed by atoms with Crippen molar-refractivity contribution in [2.45, 2.75) is 24.7 Å². The maximum absolute atomic E-state index is 14.6. The first-order valence-electron chi connectivity index (χ1n) is 11.5. The number of rotatable bonds is 5. The zero-order valence-corrected chi connectivity index (χ0v) is 19.5. The molecule has 1 unspecified atom stereocenters. The summed E-state index contributed by atoms with van der Waals surface area (Å²) in [6.07, 6.45) is 6.13. The fourth-order valence-corrected chi connectivity index (χ4v) is 5.77. The third kappa shape index (κ3) is 4.55. The van der Waals surface area contributed by atoms with Crippen molar-refractivity contribution in [2.75, 3.05) is 5.75 Å². The monoisotopic (exact) mass is 488 g/mol. The number of aromatic nitrogens is 1. The summed E-state index contributed by atoms with van der Waals surface area (Å²) in [4.78, 5) is 4.44. The van der Waals surface area contributed by atoms with E-state index in [0.29, 0.717) is 22.2 Å². The molecule has 0 amide bonds. The number of thioether (sulfide) groups is 1. The van der Waals surface area contributed by atoms with Gasteiger partial charge in [-0.1, -0.05) is 30.3 Å². The maximum Gasteiger partial charge on any atom is 0.161 e. The van der Waals surface area contributed by atoms with Gasteiger partial charge >= 0.3 is 0 Å². The van der Waals surface area contributed by atoms with Gasteiger partial charge < -0.3 is 4.74 Å². The first-order chi connectivity index (χ1) is 17.0. The summed E-state index contributed by atoms with van der Waals surface area (Å²) < 4.78 is 47.8. The van der Waals surface area contributed by atoms with E-state index in [1.807, 2.05) is 42.1 Å². The van der Waals surface area contributed by atoms with E-state index in [4.69, 9.17) is 4.74 Å². The van der Waals surface area contributed by atoms with Crippen molar-refractivity contribution < 1.29 is 17.9 Å². The molecule has 1 radical (unpaired) electrons. The Morgan fingerprint density at radius 3 is 2.60 bits per heavy atom. The first kappa shape index (κ1) is 22.2. The average Bonchev–Trinajstić information content (AvgIpc) is 3.69. The molecule has 2 nitrogen and oxygen atoms in total. The van der Waals surface area contributed by atoms with Crippen LogP contribution < -0.4 is 4.74 Å². The highest BCUT2D eigenvalue weighted by Crippen LogP contribution is 2.48. The Morgan fingerprint density at radius 2 is 1.74 bits per heavy atom. The van der Waals surface area contributed by atoms with Crippen LogP contribution in [0.4, 0.5) is 13.2 Å². The van der Waals surface area contributed by atoms with Crippen LogP contribution in [0, 0.1) is 23.4 Å². The van der Waals surface area contributed by atoms with Crippen LogP contribution >= 0.6 is 11.8 Å². The molecule has 1 atom stereocenters. The molecule has 3 aromatic carbocycles.